The Labute approximate surface area is 219 Å². The minimum absolute atomic E-state index is 0.992. The molecule has 2 nitrogen and oxygen atoms in total. The van der Waals surface area contributed by atoms with Gasteiger partial charge in [-0.15, -0.1) is 11.3 Å². The van der Waals surface area contributed by atoms with Crippen molar-refractivity contribution in [3.05, 3.63) is 121 Å². The van der Waals surface area contributed by atoms with E-state index in [4.69, 9.17) is 0 Å². The number of benzene rings is 4. The number of hydrogen-bond acceptors (Lipinski definition) is 3. The van der Waals surface area contributed by atoms with Gasteiger partial charge in [-0.25, -0.2) is 0 Å². The van der Waals surface area contributed by atoms with E-state index in [1.807, 2.05) is 23.7 Å². The zero-order valence-electron chi connectivity index (χ0n) is 20.3. The molecule has 2 aromatic heterocycles. The number of rotatable bonds is 6. The molecule has 2 heterocycles. The topological polar surface area (TPSA) is 17.0 Å². The molecule has 176 valence electrons. The highest BCUT2D eigenvalue weighted by atomic mass is 32.2. The van der Waals surface area contributed by atoms with Gasteiger partial charge in [-0.2, -0.15) is 0 Å². The average molecular weight is 503 g/mol. The molecule has 4 aromatic carbocycles. The highest BCUT2D eigenvalue weighted by Gasteiger charge is 2.15. The number of thiophene rings is 1. The monoisotopic (exact) mass is 502 g/mol. The van der Waals surface area contributed by atoms with Gasteiger partial charge in [0.2, 0.25) is 0 Å². The minimum atomic E-state index is 0.992. The third-order valence-corrected chi connectivity index (χ3v) is 8.28. The second kappa shape index (κ2) is 9.38. The first-order valence-corrected chi connectivity index (χ1v) is 14.0. The van der Waals surface area contributed by atoms with Crippen LogP contribution in [-0.2, 0) is 0 Å². The predicted octanol–water partition coefficient (Wildman–Crippen LogP) is 9.49. The number of fused-ring (bicyclic) bond motifs is 6. The van der Waals surface area contributed by atoms with Gasteiger partial charge in [0.15, 0.2) is 0 Å². The molecule has 6 aromatic rings. The molecule has 0 saturated heterocycles. The van der Waals surface area contributed by atoms with E-state index in [0.29, 0.717) is 0 Å². The summed E-state index contributed by atoms with van der Waals surface area (Å²) in [6.45, 7) is 6.04. The fraction of sp³-hybridized carbons (Fsp3) is 0.0625. The molecule has 6 rings (SSSR count). The number of allylic oxidation sites excluding steroid dienone is 4. The van der Waals surface area contributed by atoms with Crippen molar-refractivity contribution in [2.75, 3.05) is 6.26 Å². The lowest BCUT2D eigenvalue weighted by Crippen LogP contribution is -1.99. The molecular weight excluding hydrogens is 477 g/mol. The van der Waals surface area contributed by atoms with Crippen molar-refractivity contribution in [3.8, 4) is 5.69 Å². The van der Waals surface area contributed by atoms with Gasteiger partial charge in [0.25, 0.3) is 0 Å². The zero-order chi connectivity index (χ0) is 24.6. The molecule has 0 aliphatic carbocycles. The molecule has 0 aliphatic rings. The second-order valence-electron chi connectivity index (χ2n) is 8.72. The maximum atomic E-state index is 3.96. The summed E-state index contributed by atoms with van der Waals surface area (Å²) in [5.74, 6) is 0. The lowest BCUT2D eigenvalue weighted by molar-refractivity contribution is 1.19. The van der Waals surface area contributed by atoms with Crippen LogP contribution in [-0.4, -0.2) is 10.8 Å². The Morgan fingerprint density at radius 3 is 2.39 bits per heavy atom. The molecule has 36 heavy (non-hydrogen) atoms. The maximum absolute atomic E-state index is 3.96. The Bertz CT molecular complexity index is 1830. The smallest absolute Gasteiger partial charge is 0.0547 e. The van der Waals surface area contributed by atoms with Crippen LogP contribution in [0.25, 0.3) is 53.2 Å². The Hall–Kier alpha value is -3.73. The molecule has 0 fully saturated rings. The van der Waals surface area contributed by atoms with Gasteiger partial charge in [0.1, 0.15) is 0 Å². The van der Waals surface area contributed by atoms with E-state index >= 15 is 0 Å². The van der Waals surface area contributed by atoms with Crippen LogP contribution >= 0.6 is 23.3 Å². The highest BCUT2D eigenvalue weighted by Crippen LogP contribution is 2.38. The molecule has 0 radical (unpaired) electrons. The molecule has 0 unspecified atom stereocenters. The fourth-order valence-electron chi connectivity index (χ4n) is 5.03. The summed E-state index contributed by atoms with van der Waals surface area (Å²) in [5.41, 5.74) is 6.94. The van der Waals surface area contributed by atoms with Crippen LogP contribution in [0.3, 0.4) is 0 Å². The van der Waals surface area contributed by atoms with E-state index in [-0.39, 0.29) is 0 Å². The van der Waals surface area contributed by atoms with E-state index in [0.717, 1.165) is 11.3 Å². The first kappa shape index (κ1) is 22.7. The normalized spacial score (nSPS) is 12.7. The maximum Gasteiger partial charge on any atom is 0.0547 e. The highest BCUT2D eigenvalue weighted by molar-refractivity contribution is 7.96. The summed E-state index contributed by atoms with van der Waals surface area (Å²) < 4.78 is 8.36. The van der Waals surface area contributed by atoms with Crippen LogP contribution in [0, 0.1) is 0 Å². The van der Waals surface area contributed by atoms with E-state index in [2.05, 4.69) is 120 Å². The van der Waals surface area contributed by atoms with Crippen molar-refractivity contribution in [2.45, 2.75) is 6.92 Å². The van der Waals surface area contributed by atoms with Crippen LogP contribution in [0.15, 0.2) is 115 Å². The third-order valence-electron chi connectivity index (χ3n) is 6.69. The van der Waals surface area contributed by atoms with Crippen molar-refractivity contribution < 1.29 is 0 Å². The van der Waals surface area contributed by atoms with Crippen molar-refractivity contribution in [2.24, 2.45) is 0 Å². The van der Waals surface area contributed by atoms with E-state index < -0.39 is 0 Å². The van der Waals surface area contributed by atoms with Gasteiger partial charge < -0.3 is 9.29 Å². The first-order valence-electron chi connectivity index (χ1n) is 12.0. The lowest BCUT2D eigenvalue weighted by atomic mass is 10.0. The summed E-state index contributed by atoms with van der Waals surface area (Å²) in [5, 5.41) is 5.16. The summed E-state index contributed by atoms with van der Waals surface area (Å²) in [7, 11) is 0. The van der Waals surface area contributed by atoms with Gasteiger partial charge in [0, 0.05) is 48.6 Å². The molecular formula is C32H26N2S2. The quantitative estimate of drug-likeness (QED) is 0.180. The van der Waals surface area contributed by atoms with E-state index in [9.17, 15) is 0 Å². The summed E-state index contributed by atoms with van der Waals surface area (Å²) in [6.07, 6.45) is 8.19. The number of para-hydroxylation sites is 1. The molecule has 0 aliphatic heterocycles. The van der Waals surface area contributed by atoms with Gasteiger partial charge in [-0.1, -0.05) is 73.1 Å². The van der Waals surface area contributed by atoms with Crippen LogP contribution in [0.4, 0.5) is 0 Å². The van der Waals surface area contributed by atoms with Gasteiger partial charge in [-0.3, -0.25) is 0 Å². The minimum Gasteiger partial charge on any atom is -0.330 e. The lowest BCUT2D eigenvalue weighted by Gasteiger charge is -2.11. The largest absolute Gasteiger partial charge is 0.330 e. The van der Waals surface area contributed by atoms with Gasteiger partial charge in [0.05, 0.1) is 11.0 Å². The van der Waals surface area contributed by atoms with Crippen LogP contribution < -0.4 is 4.72 Å². The predicted molar refractivity (Wildman–Crippen MR) is 162 cm³/mol. The Balaban J connectivity index is 1.61. The van der Waals surface area contributed by atoms with Crippen molar-refractivity contribution in [3.63, 3.8) is 0 Å². The molecule has 0 atom stereocenters. The van der Waals surface area contributed by atoms with Crippen LogP contribution in [0.1, 0.15) is 12.5 Å². The molecule has 4 heteroatoms. The Kier molecular flexibility index (Phi) is 5.92. The SMILES string of the molecule is C=C/C(=C\C(=C/C)c1ccc2c3ccccc3n(-c3ccc4sc5ccccc5c4c3)c2c1)NSC. The number of nitrogens with one attached hydrogen (secondary N) is 1. The molecule has 0 spiro atoms. The third kappa shape index (κ3) is 3.74. The van der Waals surface area contributed by atoms with Gasteiger partial charge in [-0.05, 0) is 66.6 Å². The zero-order valence-corrected chi connectivity index (χ0v) is 21.9. The fourth-order valence-corrected chi connectivity index (χ4v) is 6.49. The number of aromatic nitrogens is 1. The summed E-state index contributed by atoms with van der Waals surface area (Å²) in [6, 6.07) is 31.1. The van der Waals surface area contributed by atoms with E-state index in [1.165, 1.54) is 53.2 Å². The molecule has 0 amide bonds. The average Bonchev–Trinajstić information content (AvgIpc) is 3.45. The number of nitrogens with zero attached hydrogens (tertiary/aromatic N) is 1. The van der Waals surface area contributed by atoms with Crippen LogP contribution in [0.5, 0.6) is 0 Å². The second-order valence-corrected chi connectivity index (χ2v) is 10.4. The Morgan fingerprint density at radius 2 is 1.58 bits per heavy atom. The van der Waals surface area contributed by atoms with Crippen molar-refractivity contribution in [1.82, 2.24) is 9.29 Å². The number of hydrogen-bond donors (Lipinski definition) is 1. The van der Waals surface area contributed by atoms with Gasteiger partial charge >= 0.3 is 0 Å². The summed E-state index contributed by atoms with van der Waals surface area (Å²) in [4.78, 5) is 0. The molecule has 1 N–H and O–H groups in total. The Morgan fingerprint density at radius 1 is 0.833 bits per heavy atom. The van der Waals surface area contributed by atoms with E-state index in [1.54, 1.807) is 11.9 Å². The van der Waals surface area contributed by atoms with Crippen molar-refractivity contribution in [1.29, 1.82) is 0 Å². The standard InChI is InChI=1S/C32H26N2S2/c1-4-21(18-23(5-2)33-35-3)22-14-16-26-25-10-6-8-12-29(25)34(30(26)19-22)24-15-17-32-28(20-24)27-11-7-9-13-31(27)36-32/h4-20,33H,2H2,1,3H3/b21-4+,23-18+. The first-order chi connectivity index (χ1) is 17.7. The van der Waals surface area contributed by atoms with Crippen LogP contribution in [0.2, 0.25) is 0 Å². The molecule has 0 saturated carbocycles. The molecule has 0 bridgehead atoms. The summed E-state index contributed by atoms with van der Waals surface area (Å²) >= 11 is 3.43. The van der Waals surface area contributed by atoms with Crippen molar-refractivity contribution >= 4 is 70.8 Å².